The summed E-state index contributed by atoms with van der Waals surface area (Å²) in [6.45, 7) is 0. The second-order valence-corrected chi connectivity index (χ2v) is 9.86. The van der Waals surface area contributed by atoms with Gasteiger partial charge in [0.2, 0.25) is 0 Å². The van der Waals surface area contributed by atoms with Gasteiger partial charge in [0.05, 0.1) is 17.8 Å². The van der Waals surface area contributed by atoms with Crippen molar-refractivity contribution >= 4 is 65.0 Å². The second kappa shape index (κ2) is 8.55. The number of rotatable bonds is 2. The highest BCUT2D eigenvalue weighted by Gasteiger charge is 2.19. The molecule has 9 rings (SSSR count). The molecule has 9 aromatic rings. The number of benzene rings is 8. The fourth-order valence-corrected chi connectivity index (χ4v) is 5.88. The van der Waals surface area contributed by atoms with Crippen LogP contribution >= 0.6 is 0 Å². The van der Waals surface area contributed by atoms with E-state index >= 15 is 0 Å². The monoisotopic (exact) mass is 533 g/mol. The van der Waals surface area contributed by atoms with Crippen LogP contribution in [-0.2, 0) is 0 Å². The maximum atomic E-state index is 9.63. The average Bonchev–Trinajstić information content (AvgIpc) is 3.58. The lowest BCUT2D eigenvalue weighted by atomic mass is 9.88. The minimum atomic E-state index is -0.702. The van der Waals surface area contributed by atoms with Crippen molar-refractivity contribution in [2.75, 3.05) is 0 Å². The molecule has 0 spiro atoms. The minimum Gasteiger partial charge on any atom is -0.456 e. The van der Waals surface area contributed by atoms with Crippen LogP contribution in [0, 0.1) is 0 Å². The molecule has 0 saturated heterocycles. The van der Waals surface area contributed by atoms with E-state index in [0.717, 1.165) is 32.3 Å². The number of furan rings is 1. The summed E-state index contributed by atoms with van der Waals surface area (Å²) in [5.74, 6) is 0. The van der Waals surface area contributed by atoms with E-state index in [2.05, 4.69) is 6.07 Å². The molecular formula is C40H24O. The first-order valence-electron chi connectivity index (χ1n) is 19.6. The third-order valence-corrected chi connectivity index (χ3v) is 7.66. The molecule has 0 fully saturated rings. The standard InChI is InChI=1S/C40H24O/c1-2-10-25(11-3-1)29-17-8-14-28-23-36-38(24-34(28)29)41-37-19-9-18-33(40(36)37)39-31-16-7-5-13-27(31)22-35-30-15-6-4-12-26(30)20-21-32(35)39/h1-24H/i1D,2D,3D,8D,9D,10D,11D,14D,17D,18D,19D,23D,24D. The van der Waals surface area contributed by atoms with Crippen molar-refractivity contribution in [3.8, 4) is 22.3 Å². The van der Waals surface area contributed by atoms with E-state index < -0.39 is 83.6 Å². The Morgan fingerprint density at radius 2 is 1.24 bits per heavy atom. The van der Waals surface area contributed by atoms with Gasteiger partial charge >= 0.3 is 0 Å². The number of hydrogen-bond donors (Lipinski definition) is 0. The van der Waals surface area contributed by atoms with Crippen LogP contribution in [-0.4, -0.2) is 0 Å². The molecule has 0 unspecified atom stereocenters. The fraction of sp³-hybridized carbons (Fsp3) is 0. The van der Waals surface area contributed by atoms with Crippen LogP contribution in [0.3, 0.4) is 0 Å². The Kier molecular flexibility index (Phi) is 2.77. The van der Waals surface area contributed by atoms with Crippen molar-refractivity contribution in [2.45, 2.75) is 0 Å². The van der Waals surface area contributed by atoms with Gasteiger partial charge in [-0.1, -0.05) is 121 Å². The summed E-state index contributed by atoms with van der Waals surface area (Å²) in [7, 11) is 0. The van der Waals surface area contributed by atoms with Gasteiger partial charge in [0.1, 0.15) is 11.2 Å². The summed E-state index contributed by atoms with van der Waals surface area (Å²) in [6.07, 6.45) is 0. The minimum absolute atomic E-state index is 0.0565. The lowest BCUT2D eigenvalue weighted by molar-refractivity contribution is 0.669. The highest BCUT2D eigenvalue weighted by atomic mass is 16.3. The summed E-state index contributed by atoms with van der Waals surface area (Å²) >= 11 is 0. The van der Waals surface area contributed by atoms with Gasteiger partial charge in [0, 0.05) is 10.8 Å². The van der Waals surface area contributed by atoms with Crippen molar-refractivity contribution in [1.82, 2.24) is 0 Å². The van der Waals surface area contributed by atoms with Gasteiger partial charge in [0.25, 0.3) is 0 Å². The van der Waals surface area contributed by atoms with Gasteiger partial charge in [-0.25, -0.2) is 0 Å². The van der Waals surface area contributed by atoms with Crippen molar-refractivity contribution in [3.05, 3.63) is 145 Å². The van der Waals surface area contributed by atoms with Gasteiger partial charge in [-0.2, -0.15) is 0 Å². The maximum absolute atomic E-state index is 9.63. The third kappa shape index (κ3) is 3.30. The van der Waals surface area contributed by atoms with Crippen LogP contribution in [0.4, 0.5) is 0 Å². The van der Waals surface area contributed by atoms with Gasteiger partial charge in [-0.3, -0.25) is 0 Å². The molecule has 0 aliphatic carbocycles. The average molecular weight is 534 g/mol. The fourth-order valence-electron chi connectivity index (χ4n) is 5.88. The van der Waals surface area contributed by atoms with Gasteiger partial charge < -0.3 is 4.42 Å². The van der Waals surface area contributed by atoms with E-state index in [-0.39, 0.29) is 44.3 Å². The molecule has 0 amide bonds. The number of fused-ring (bicyclic) bond motifs is 8. The van der Waals surface area contributed by atoms with E-state index in [0.29, 0.717) is 5.56 Å². The topological polar surface area (TPSA) is 13.1 Å². The zero-order valence-corrected chi connectivity index (χ0v) is 21.3. The maximum Gasteiger partial charge on any atom is 0.136 e. The molecule has 1 heterocycles. The molecular weight excluding hydrogens is 496 g/mol. The van der Waals surface area contributed by atoms with Crippen LogP contribution in [0.15, 0.2) is 150 Å². The second-order valence-electron chi connectivity index (χ2n) is 9.86. The highest BCUT2D eigenvalue weighted by Crippen LogP contribution is 2.45. The quantitative estimate of drug-likeness (QED) is 0.159. The van der Waals surface area contributed by atoms with E-state index in [1.165, 1.54) is 0 Å². The van der Waals surface area contributed by atoms with E-state index in [1.807, 2.05) is 60.7 Å². The third-order valence-electron chi connectivity index (χ3n) is 7.66. The summed E-state index contributed by atoms with van der Waals surface area (Å²) in [5, 5.41) is 4.49. The molecule has 0 bridgehead atoms. The van der Waals surface area contributed by atoms with Crippen molar-refractivity contribution in [3.63, 3.8) is 0 Å². The molecule has 1 nitrogen and oxygen atoms in total. The van der Waals surface area contributed by atoms with E-state index in [9.17, 15) is 4.11 Å². The molecule has 0 saturated carbocycles. The smallest absolute Gasteiger partial charge is 0.136 e. The lowest BCUT2D eigenvalue weighted by Gasteiger charge is -2.15. The molecule has 41 heavy (non-hydrogen) atoms. The Hall–Kier alpha value is -5.40. The predicted octanol–water partition coefficient (Wildman–Crippen LogP) is 11.5. The van der Waals surface area contributed by atoms with Crippen LogP contribution < -0.4 is 0 Å². The van der Waals surface area contributed by atoms with Crippen molar-refractivity contribution in [1.29, 1.82) is 0 Å². The van der Waals surface area contributed by atoms with E-state index in [4.69, 9.17) is 18.1 Å². The summed E-state index contributed by atoms with van der Waals surface area (Å²) < 4.78 is 121. The first-order chi connectivity index (χ1) is 25.8. The van der Waals surface area contributed by atoms with Gasteiger partial charge in [-0.05, 0) is 89.5 Å². The zero-order chi connectivity index (χ0) is 38.2. The molecule has 1 aromatic heterocycles. The van der Waals surface area contributed by atoms with Crippen molar-refractivity contribution in [2.24, 2.45) is 0 Å². The Bertz CT molecular complexity index is 3170. The van der Waals surface area contributed by atoms with Crippen LogP contribution in [0.25, 0.3) is 87.3 Å². The number of hydrogen-bond acceptors (Lipinski definition) is 1. The Labute approximate surface area is 255 Å². The molecule has 0 N–H and O–H groups in total. The molecule has 0 radical (unpaired) electrons. The molecule has 0 atom stereocenters. The predicted molar refractivity (Wildman–Crippen MR) is 175 cm³/mol. The molecule has 8 aromatic carbocycles. The molecule has 0 aliphatic rings. The molecule has 1 heteroatoms. The Morgan fingerprint density at radius 1 is 0.463 bits per heavy atom. The summed E-state index contributed by atoms with van der Waals surface area (Å²) in [5.41, 5.74) is -0.611. The van der Waals surface area contributed by atoms with Gasteiger partial charge in [-0.15, -0.1) is 0 Å². The van der Waals surface area contributed by atoms with E-state index in [1.54, 1.807) is 0 Å². The molecule has 0 aliphatic heterocycles. The Morgan fingerprint density at radius 3 is 2.15 bits per heavy atom. The van der Waals surface area contributed by atoms with Gasteiger partial charge in [0.15, 0.2) is 0 Å². The Balaban J connectivity index is 1.54. The lowest BCUT2D eigenvalue weighted by Crippen LogP contribution is -1.88. The van der Waals surface area contributed by atoms with Crippen LogP contribution in [0.5, 0.6) is 0 Å². The summed E-state index contributed by atoms with van der Waals surface area (Å²) in [6, 6.07) is 13.7. The first kappa shape index (κ1) is 13.3. The van der Waals surface area contributed by atoms with Crippen LogP contribution in [0.2, 0.25) is 0 Å². The summed E-state index contributed by atoms with van der Waals surface area (Å²) in [4.78, 5) is 0. The SMILES string of the molecule is [2H]c1c([2H])c([2H])c(-c2c([2H])c([2H])c([2H])c3c([2H])c4c(oc5c([2H])c([2H])c([2H])c(-c6c7ccccc7cc7c6ccc6ccccc67)c54)c([2H])c23)c([2H])c1[2H]. The molecule has 190 valence electrons. The zero-order valence-electron chi connectivity index (χ0n) is 34.3. The largest absolute Gasteiger partial charge is 0.456 e. The highest BCUT2D eigenvalue weighted by molar-refractivity contribution is 6.25. The normalized spacial score (nSPS) is 16.3. The first-order valence-corrected chi connectivity index (χ1v) is 13.1. The van der Waals surface area contributed by atoms with Crippen LogP contribution in [0.1, 0.15) is 17.8 Å². The van der Waals surface area contributed by atoms with Crippen molar-refractivity contribution < 1.29 is 22.2 Å².